The van der Waals surface area contributed by atoms with Crippen molar-refractivity contribution < 1.29 is 9.59 Å². The number of nitrogens with zero attached hydrogens (tertiary/aromatic N) is 4. The lowest BCUT2D eigenvalue weighted by Crippen LogP contribution is -2.50. The zero-order valence-electron chi connectivity index (χ0n) is 13.2. The molecule has 7 nitrogen and oxygen atoms in total. The fourth-order valence-corrected chi connectivity index (χ4v) is 2.80. The molecule has 0 atom stereocenters. The lowest BCUT2D eigenvalue weighted by Gasteiger charge is -2.34. The molecule has 0 aromatic carbocycles. The van der Waals surface area contributed by atoms with Crippen molar-refractivity contribution in [2.24, 2.45) is 0 Å². The number of hydrogen-bond acceptors (Lipinski definition) is 4. The molecule has 0 radical (unpaired) electrons. The number of H-pyrrole nitrogens is 1. The van der Waals surface area contributed by atoms with E-state index in [1.165, 1.54) is 18.6 Å². The molecule has 3 heterocycles. The highest BCUT2D eigenvalue weighted by Gasteiger charge is 2.27. The molecular weight excluding hydrogens is 294 g/mol. The van der Waals surface area contributed by atoms with Crippen molar-refractivity contribution in [3.05, 3.63) is 47.3 Å². The number of aromatic amines is 1. The van der Waals surface area contributed by atoms with E-state index in [2.05, 4.69) is 15.0 Å². The molecule has 1 aliphatic rings. The number of rotatable bonds is 2. The highest BCUT2D eigenvalue weighted by atomic mass is 16.2. The third-order valence-electron chi connectivity index (χ3n) is 4.02. The summed E-state index contributed by atoms with van der Waals surface area (Å²) < 4.78 is 0. The van der Waals surface area contributed by atoms with Crippen LogP contribution in [0.25, 0.3) is 0 Å². The molecule has 2 aromatic rings. The third kappa shape index (κ3) is 3.08. The van der Waals surface area contributed by atoms with Gasteiger partial charge in [-0.3, -0.25) is 14.6 Å². The Morgan fingerprint density at radius 1 is 1.04 bits per heavy atom. The first-order chi connectivity index (χ1) is 11.1. The minimum Gasteiger partial charge on any atom is -0.362 e. The summed E-state index contributed by atoms with van der Waals surface area (Å²) in [5.41, 5.74) is 2.90. The van der Waals surface area contributed by atoms with Crippen LogP contribution in [0.15, 0.2) is 24.7 Å². The van der Waals surface area contributed by atoms with Gasteiger partial charge in [-0.25, -0.2) is 4.98 Å². The first-order valence-corrected chi connectivity index (χ1v) is 7.57. The Hall–Kier alpha value is -2.70. The minimum atomic E-state index is -0.140. The Labute approximate surface area is 134 Å². The van der Waals surface area contributed by atoms with E-state index < -0.39 is 0 Å². The monoisotopic (exact) mass is 313 g/mol. The quantitative estimate of drug-likeness (QED) is 0.897. The Morgan fingerprint density at radius 3 is 2.22 bits per heavy atom. The molecule has 1 N–H and O–H groups in total. The molecule has 23 heavy (non-hydrogen) atoms. The summed E-state index contributed by atoms with van der Waals surface area (Å²) in [6.45, 7) is 5.88. The fraction of sp³-hybridized carbons (Fsp3) is 0.375. The van der Waals surface area contributed by atoms with Crippen LogP contribution in [0.4, 0.5) is 0 Å². The van der Waals surface area contributed by atoms with Crippen LogP contribution in [0.5, 0.6) is 0 Å². The van der Waals surface area contributed by atoms with Crippen molar-refractivity contribution in [1.29, 1.82) is 0 Å². The molecule has 7 heteroatoms. The van der Waals surface area contributed by atoms with Gasteiger partial charge >= 0.3 is 0 Å². The van der Waals surface area contributed by atoms with E-state index in [0.29, 0.717) is 37.4 Å². The number of aryl methyl sites for hydroxylation is 2. The molecule has 3 rings (SSSR count). The van der Waals surface area contributed by atoms with E-state index in [9.17, 15) is 9.59 Å². The molecule has 0 saturated carbocycles. The number of amides is 2. The average molecular weight is 313 g/mol. The van der Waals surface area contributed by atoms with Crippen LogP contribution >= 0.6 is 0 Å². The minimum absolute atomic E-state index is 0.0125. The van der Waals surface area contributed by atoms with E-state index in [0.717, 1.165) is 11.4 Å². The second kappa shape index (κ2) is 6.20. The Balaban J connectivity index is 1.63. The van der Waals surface area contributed by atoms with Gasteiger partial charge in [0.25, 0.3) is 11.8 Å². The first kappa shape index (κ1) is 15.2. The molecule has 0 unspecified atom stereocenters. The van der Waals surface area contributed by atoms with Crippen LogP contribution in [0.3, 0.4) is 0 Å². The smallest absolute Gasteiger partial charge is 0.274 e. The van der Waals surface area contributed by atoms with Crippen LogP contribution in [0, 0.1) is 13.8 Å². The molecule has 1 fully saturated rings. The summed E-state index contributed by atoms with van der Waals surface area (Å²) in [5, 5.41) is 0. The number of hydrogen-bond donors (Lipinski definition) is 1. The third-order valence-corrected chi connectivity index (χ3v) is 4.02. The van der Waals surface area contributed by atoms with Gasteiger partial charge in [0.05, 0.1) is 11.8 Å². The van der Waals surface area contributed by atoms with Crippen molar-refractivity contribution in [3.8, 4) is 0 Å². The molecule has 2 aromatic heterocycles. The SMILES string of the molecule is Cc1cc(C(=O)N2CCN(C(=O)c3cnccn3)CC2)c(C)[nH]1. The Morgan fingerprint density at radius 2 is 1.70 bits per heavy atom. The molecule has 0 aliphatic carbocycles. The van der Waals surface area contributed by atoms with Gasteiger partial charge in [-0.05, 0) is 19.9 Å². The topological polar surface area (TPSA) is 82.2 Å². The van der Waals surface area contributed by atoms with Gasteiger partial charge in [-0.1, -0.05) is 0 Å². The maximum atomic E-state index is 12.6. The first-order valence-electron chi connectivity index (χ1n) is 7.57. The largest absolute Gasteiger partial charge is 0.362 e. The molecule has 120 valence electrons. The average Bonchev–Trinajstić information content (AvgIpc) is 2.93. The normalized spacial score (nSPS) is 14.9. The Kier molecular flexibility index (Phi) is 4.10. The molecule has 1 aliphatic heterocycles. The maximum Gasteiger partial charge on any atom is 0.274 e. The van der Waals surface area contributed by atoms with Gasteiger partial charge in [0.1, 0.15) is 5.69 Å². The second-order valence-electron chi connectivity index (χ2n) is 5.67. The predicted molar refractivity (Wildman–Crippen MR) is 84.1 cm³/mol. The van der Waals surface area contributed by atoms with Gasteiger partial charge in [0, 0.05) is 50.0 Å². The van der Waals surface area contributed by atoms with E-state index in [4.69, 9.17) is 0 Å². The van der Waals surface area contributed by atoms with E-state index in [-0.39, 0.29) is 11.8 Å². The summed E-state index contributed by atoms with van der Waals surface area (Å²) in [7, 11) is 0. The van der Waals surface area contributed by atoms with Crippen LogP contribution in [0.1, 0.15) is 32.2 Å². The summed E-state index contributed by atoms with van der Waals surface area (Å²) in [4.78, 5) is 39.5. The number of aromatic nitrogens is 3. The van der Waals surface area contributed by atoms with Crippen molar-refractivity contribution in [2.75, 3.05) is 26.2 Å². The van der Waals surface area contributed by atoms with Crippen molar-refractivity contribution in [2.45, 2.75) is 13.8 Å². The fourth-order valence-electron chi connectivity index (χ4n) is 2.80. The summed E-state index contributed by atoms with van der Waals surface area (Å²) >= 11 is 0. The number of piperazine rings is 1. The van der Waals surface area contributed by atoms with Crippen molar-refractivity contribution >= 4 is 11.8 Å². The van der Waals surface area contributed by atoms with Gasteiger partial charge in [0.2, 0.25) is 0 Å². The van der Waals surface area contributed by atoms with Crippen LogP contribution < -0.4 is 0 Å². The highest BCUT2D eigenvalue weighted by molar-refractivity contribution is 5.96. The zero-order chi connectivity index (χ0) is 16.4. The Bertz CT molecular complexity index is 717. The van der Waals surface area contributed by atoms with Crippen molar-refractivity contribution in [3.63, 3.8) is 0 Å². The summed E-state index contributed by atoms with van der Waals surface area (Å²) in [6.07, 6.45) is 4.50. The van der Waals surface area contributed by atoms with Gasteiger partial charge in [-0.2, -0.15) is 0 Å². The van der Waals surface area contributed by atoms with Crippen LogP contribution in [-0.4, -0.2) is 62.7 Å². The molecule has 1 saturated heterocycles. The number of nitrogens with one attached hydrogen (secondary N) is 1. The standard InChI is InChI=1S/C16H19N5O2/c1-11-9-13(12(2)19-11)15(22)20-5-7-21(8-6-20)16(23)14-10-17-3-4-18-14/h3-4,9-10,19H,5-8H2,1-2H3. The maximum absolute atomic E-state index is 12.6. The van der Waals surface area contributed by atoms with E-state index in [1.54, 1.807) is 9.80 Å². The summed E-state index contributed by atoms with van der Waals surface area (Å²) in [6, 6.07) is 1.87. The molecular formula is C16H19N5O2. The summed E-state index contributed by atoms with van der Waals surface area (Å²) in [5.74, 6) is -0.127. The predicted octanol–water partition coefficient (Wildman–Crippen LogP) is 1.02. The lowest BCUT2D eigenvalue weighted by molar-refractivity contribution is 0.0531. The van der Waals surface area contributed by atoms with Gasteiger partial charge < -0.3 is 14.8 Å². The second-order valence-corrected chi connectivity index (χ2v) is 5.67. The number of carbonyl (C=O) groups excluding carboxylic acids is 2. The van der Waals surface area contributed by atoms with E-state index >= 15 is 0 Å². The van der Waals surface area contributed by atoms with Crippen LogP contribution in [-0.2, 0) is 0 Å². The molecule has 0 bridgehead atoms. The number of carbonyl (C=O) groups is 2. The zero-order valence-corrected chi connectivity index (χ0v) is 13.2. The molecule has 2 amide bonds. The van der Waals surface area contributed by atoms with Crippen molar-refractivity contribution in [1.82, 2.24) is 24.8 Å². The highest BCUT2D eigenvalue weighted by Crippen LogP contribution is 2.15. The van der Waals surface area contributed by atoms with Gasteiger partial charge in [-0.15, -0.1) is 0 Å². The van der Waals surface area contributed by atoms with E-state index in [1.807, 2.05) is 19.9 Å². The van der Waals surface area contributed by atoms with Crippen LogP contribution in [0.2, 0.25) is 0 Å². The lowest BCUT2D eigenvalue weighted by atomic mass is 10.2. The van der Waals surface area contributed by atoms with Gasteiger partial charge in [0.15, 0.2) is 0 Å². The molecule has 0 spiro atoms.